The van der Waals surface area contributed by atoms with E-state index < -0.39 is 0 Å². The normalized spacial score (nSPS) is 18.0. The van der Waals surface area contributed by atoms with Crippen LogP contribution in [0.1, 0.15) is 19.3 Å². The molecule has 4 rings (SSSR count). The van der Waals surface area contributed by atoms with Crippen LogP contribution in [0.3, 0.4) is 0 Å². The van der Waals surface area contributed by atoms with Gasteiger partial charge >= 0.3 is 0 Å². The molecule has 0 amide bonds. The lowest BCUT2D eigenvalue weighted by atomic mass is 10.1. The first-order valence-corrected chi connectivity index (χ1v) is 8.25. The van der Waals surface area contributed by atoms with Crippen molar-refractivity contribution in [1.29, 1.82) is 0 Å². The standard InChI is InChI=1S/C16H22N6.2ClH/c1-2-9-21(10-3-1)15-14-13(5-4-6-18-14)19-16(20-15)22-11-7-17-8-12-22;;/h4-6,17H,1-3,7-12H2;2*1H. The van der Waals surface area contributed by atoms with Crippen LogP contribution in [0.2, 0.25) is 0 Å². The van der Waals surface area contributed by atoms with Crippen LogP contribution >= 0.6 is 24.8 Å². The zero-order valence-electron chi connectivity index (χ0n) is 13.6. The summed E-state index contributed by atoms with van der Waals surface area (Å²) < 4.78 is 0. The van der Waals surface area contributed by atoms with Gasteiger partial charge in [0.25, 0.3) is 0 Å². The monoisotopic (exact) mass is 370 g/mol. The van der Waals surface area contributed by atoms with Crippen LogP contribution in [0.5, 0.6) is 0 Å². The molecule has 0 atom stereocenters. The molecule has 0 bridgehead atoms. The van der Waals surface area contributed by atoms with E-state index in [1.54, 1.807) is 0 Å². The predicted molar refractivity (Wildman–Crippen MR) is 103 cm³/mol. The Morgan fingerprint density at radius 3 is 2.38 bits per heavy atom. The fraction of sp³-hybridized carbons (Fsp3) is 0.562. The van der Waals surface area contributed by atoms with E-state index in [1.807, 2.05) is 18.3 Å². The second-order valence-corrected chi connectivity index (χ2v) is 6.00. The molecule has 0 saturated carbocycles. The lowest BCUT2D eigenvalue weighted by molar-refractivity contribution is 0.568. The number of rotatable bonds is 2. The zero-order valence-corrected chi connectivity index (χ0v) is 15.3. The van der Waals surface area contributed by atoms with E-state index in [1.165, 1.54) is 19.3 Å². The van der Waals surface area contributed by atoms with Gasteiger partial charge in [-0.25, -0.2) is 4.98 Å². The molecule has 2 saturated heterocycles. The maximum Gasteiger partial charge on any atom is 0.228 e. The SMILES string of the molecule is Cl.Cl.c1cnc2c(N3CCCCC3)nc(N3CCNCC3)nc2c1. The molecule has 1 N–H and O–H groups in total. The third-order valence-corrected chi connectivity index (χ3v) is 4.48. The third kappa shape index (κ3) is 3.82. The molecule has 2 aliphatic heterocycles. The number of piperidine rings is 1. The summed E-state index contributed by atoms with van der Waals surface area (Å²) in [6, 6.07) is 4.00. The number of halogens is 2. The second-order valence-electron chi connectivity index (χ2n) is 6.00. The Kier molecular flexibility index (Phi) is 6.83. The summed E-state index contributed by atoms with van der Waals surface area (Å²) in [5, 5.41) is 3.38. The number of piperazine rings is 1. The van der Waals surface area contributed by atoms with Gasteiger partial charge in [0.15, 0.2) is 5.82 Å². The predicted octanol–water partition coefficient (Wildman–Crippen LogP) is 2.27. The summed E-state index contributed by atoms with van der Waals surface area (Å²) >= 11 is 0. The largest absolute Gasteiger partial charge is 0.355 e. The number of pyridine rings is 1. The van der Waals surface area contributed by atoms with Crippen LogP contribution in [0.4, 0.5) is 11.8 Å². The van der Waals surface area contributed by atoms with E-state index in [4.69, 9.17) is 9.97 Å². The number of fused-ring (bicyclic) bond motifs is 1. The van der Waals surface area contributed by atoms with Crippen molar-refractivity contribution in [2.24, 2.45) is 0 Å². The highest BCUT2D eigenvalue weighted by Crippen LogP contribution is 2.27. The molecule has 0 aliphatic carbocycles. The number of hydrogen-bond donors (Lipinski definition) is 1. The first-order chi connectivity index (χ1) is 10.9. The molecular weight excluding hydrogens is 347 g/mol. The topological polar surface area (TPSA) is 57.2 Å². The second kappa shape index (κ2) is 8.65. The molecular formula is C16H24Cl2N6. The fourth-order valence-electron chi connectivity index (χ4n) is 3.27. The van der Waals surface area contributed by atoms with Gasteiger partial charge in [-0.2, -0.15) is 4.98 Å². The number of hydrogen-bond acceptors (Lipinski definition) is 6. The number of nitrogens with zero attached hydrogens (tertiary/aromatic N) is 5. The Bertz CT molecular complexity index is 656. The molecule has 0 spiro atoms. The van der Waals surface area contributed by atoms with Crippen molar-refractivity contribution >= 4 is 47.6 Å². The molecule has 4 heterocycles. The Morgan fingerprint density at radius 1 is 0.875 bits per heavy atom. The summed E-state index contributed by atoms with van der Waals surface area (Å²) in [5.74, 6) is 1.86. The molecule has 0 radical (unpaired) electrons. The van der Waals surface area contributed by atoms with Gasteiger partial charge in [-0.15, -0.1) is 24.8 Å². The van der Waals surface area contributed by atoms with Crippen LogP contribution in [0.15, 0.2) is 18.3 Å². The highest BCUT2D eigenvalue weighted by atomic mass is 35.5. The van der Waals surface area contributed by atoms with Crippen LogP contribution < -0.4 is 15.1 Å². The zero-order chi connectivity index (χ0) is 14.8. The summed E-state index contributed by atoms with van der Waals surface area (Å²) in [7, 11) is 0. The van der Waals surface area contributed by atoms with E-state index in [0.717, 1.165) is 62.1 Å². The van der Waals surface area contributed by atoms with E-state index in [9.17, 15) is 0 Å². The average molecular weight is 371 g/mol. The van der Waals surface area contributed by atoms with E-state index in [2.05, 4.69) is 20.1 Å². The molecule has 0 unspecified atom stereocenters. The molecule has 132 valence electrons. The number of nitrogens with one attached hydrogen (secondary N) is 1. The Hall–Kier alpha value is -1.37. The minimum absolute atomic E-state index is 0. The molecule has 2 aliphatic rings. The van der Waals surface area contributed by atoms with Gasteiger partial charge in [-0.05, 0) is 31.4 Å². The van der Waals surface area contributed by atoms with Gasteiger partial charge < -0.3 is 15.1 Å². The maximum absolute atomic E-state index is 4.90. The number of aromatic nitrogens is 3. The molecule has 0 aromatic carbocycles. The molecule has 2 aromatic rings. The van der Waals surface area contributed by atoms with Gasteiger partial charge in [0.05, 0.1) is 5.52 Å². The number of anilines is 2. The van der Waals surface area contributed by atoms with Gasteiger partial charge in [0.2, 0.25) is 5.95 Å². The van der Waals surface area contributed by atoms with Gasteiger partial charge in [0, 0.05) is 45.5 Å². The summed E-state index contributed by atoms with van der Waals surface area (Å²) in [6.07, 6.45) is 5.63. The first-order valence-electron chi connectivity index (χ1n) is 8.25. The van der Waals surface area contributed by atoms with Gasteiger partial charge in [-0.1, -0.05) is 0 Å². The molecule has 6 nitrogen and oxygen atoms in total. The van der Waals surface area contributed by atoms with Crippen LogP contribution in [-0.4, -0.2) is 54.2 Å². The third-order valence-electron chi connectivity index (χ3n) is 4.48. The van der Waals surface area contributed by atoms with Crippen molar-refractivity contribution in [3.05, 3.63) is 18.3 Å². The quantitative estimate of drug-likeness (QED) is 0.874. The smallest absolute Gasteiger partial charge is 0.228 e. The lowest BCUT2D eigenvalue weighted by Gasteiger charge is -2.31. The first kappa shape index (κ1) is 19.0. The van der Waals surface area contributed by atoms with Crippen molar-refractivity contribution in [1.82, 2.24) is 20.3 Å². The van der Waals surface area contributed by atoms with E-state index in [-0.39, 0.29) is 24.8 Å². The average Bonchev–Trinajstić information content (AvgIpc) is 2.62. The maximum atomic E-state index is 4.90. The fourth-order valence-corrected chi connectivity index (χ4v) is 3.27. The van der Waals surface area contributed by atoms with Crippen LogP contribution in [-0.2, 0) is 0 Å². The summed E-state index contributed by atoms with van der Waals surface area (Å²) in [6.45, 7) is 6.06. The molecule has 2 aromatic heterocycles. The van der Waals surface area contributed by atoms with E-state index in [0.29, 0.717) is 0 Å². The van der Waals surface area contributed by atoms with Crippen LogP contribution in [0, 0.1) is 0 Å². The van der Waals surface area contributed by atoms with Crippen molar-refractivity contribution in [3.8, 4) is 0 Å². The minimum Gasteiger partial charge on any atom is -0.355 e. The van der Waals surface area contributed by atoms with Gasteiger partial charge in [0.1, 0.15) is 5.52 Å². The van der Waals surface area contributed by atoms with Crippen molar-refractivity contribution < 1.29 is 0 Å². The molecule has 8 heteroatoms. The highest BCUT2D eigenvalue weighted by molar-refractivity contribution is 5.86. The van der Waals surface area contributed by atoms with Crippen LogP contribution in [0.25, 0.3) is 11.0 Å². The minimum atomic E-state index is 0. The summed E-state index contributed by atoms with van der Waals surface area (Å²) in [4.78, 5) is 18.9. The lowest BCUT2D eigenvalue weighted by Crippen LogP contribution is -2.44. The highest BCUT2D eigenvalue weighted by Gasteiger charge is 2.20. The Labute approximate surface area is 154 Å². The Balaban J connectivity index is 0.00000104. The van der Waals surface area contributed by atoms with Gasteiger partial charge in [-0.3, -0.25) is 4.98 Å². The van der Waals surface area contributed by atoms with Crippen molar-refractivity contribution in [2.45, 2.75) is 19.3 Å². The summed E-state index contributed by atoms with van der Waals surface area (Å²) in [5.41, 5.74) is 1.88. The van der Waals surface area contributed by atoms with Crippen molar-refractivity contribution in [3.63, 3.8) is 0 Å². The van der Waals surface area contributed by atoms with E-state index >= 15 is 0 Å². The molecule has 2 fully saturated rings. The Morgan fingerprint density at radius 2 is 1.62 bits per heavy atom. The molecule has 24 heavy (non-hydrogen) atoms. The van der Waals surface area contributed by atoms with Crippen molar-refractivity contribution in [2.75, 3.05) is 49.1 Å².